The van der Waals surface area contributed by atoms with Crippen molar-refractivity contribution >= 4 is 23.3 Å². The van der Waals surface area contributed by atoms with Gasteiger partial charge in [0.15, 0.2) is 0 Å². The van der Waals surface area contributed by atoms with Crippen LogP contribution in [0.15, 0.2) is 12.1 Å². The van der Waals surface area contributed by atoms with Crippen LogP contribution in [-0.2, 0) is 9.53 Å². The number of ether oxygens (including phenoxy) is 1. The van der Waals surface area contributed by atoms with E-state index in [-0.39, 0.29) is 23.2 Å². The van der Waals surface area contributed by atoms with Gasteiger partial charge < -0.3 is 15.8 Å². The first-order chi connectivity index (χ1) is 8.86. The summed E-state index contributed by atoms with van der Waals surface area (Å²) < 4.78 is 4.65. The van der Waals surface area contributed by atoms with Gasteiger partial charge in [0, 0.05) is 6.07 Å². The van der Waals surface area contributed by atoms with Crippen LogP contribution in [0.5, 0.6) is 0 Å². The zero-order valence-corrected chi connectivity index (χ0v) is 10.9. The first kappa shape index (κ1) is 14.7. The van der Waals surface area contributed by atoms with Crippen LogP contribution in [0.1, 0.15) is 13.8 Å². The number of nitrogens with two attached hydrogens (primary N) is 1. The molecule has 1 atom stereocenters. The van der Waals surface area contributed by atoms with E-state index in [4.69, 9.17) is 5.73 Å². The van der Waals surface area contributed by atoms with E-state index in [0.717, 1.165) is 0 Å². The van der Waals surface area contributed by atoms with Crippen LogP contribution in [0.2, 0.25) is 0 Å². The molecule has 1 rings (SSSR count). The fourth-order valence-electron chi connectivity index (χ4n) is 1.49. The number of methoxy groups -OCH3 is 1. The second kappa shape index (κ2) is 5.98. The second-order valence-electron chi connectivity index (χ2n) is 4.25. The van der Waals surface area contributed by atoms with E-state index >= 15 is 0 Å². The maximum atomic E-state index is 11.6. The lowest BCUT2D eigenvalue weighted by molar-refractivity contribution is -0.384. The van der Waals surface area contributed by atoms with Gasteiger partial charge in [-0.05, 0) is 12.0 Å². The lowest BCUT2D eigenvalue weighted by Gasteiger charge is -2.20. The third-order valence-corrected chi connectivity index (χ3v) is 2.51. The fraction of sp³-hybridized carbons (Fsp3) is 0.455. The minimum absolute atomic E-state index is 0.0471. The van der Waals surface area contributed by atoms with Crippen LogP contribution in [0.25, 0.3) is 0 Å². The van der Waals surface area contributed by atoms with Crippen molar-refractivity contribution in [2.24, 2.45) is 5.92 Å². The second-order valence-corrected chi connectivity index (χ2v) is 4.25. The first-order valence-electron chi connectivity index (χ1n) is 5.62. The molecule has 8 nitrogen and oxygen atoms in total. The molecular formula is C11H16N4O4. The Morgan fingerprint density at radius 2 is 2.16 bits per heavy atom. The van der Waals surface area contributed by atoms with Crippen molar-refractivity contribution < 1.29 is 14.5 Å². The van der Waals surface area contributed by atoms with E-state index < -0.39 is 16.9 Å². The van der Waals surface area contributed by atoms with Crippen molar-refractivity contribution in [3.63, 3.8) is 0 Å². The third kappa shape index (κ3) is 3.54. The molecule has 0 aliphatic rings. The number of anilines is 2. The predicted octanol–water partition coefficient (Wildman–Crippen LogP) is 1.18. The minimum Gasteiger partial charge on any atom is -0.467 e. The molecule has 0 amide bonds. The summed E-state index contributed by atoms with van der Waals surface area (Å²) in [4.78, 5) is 25.8. The number of carbonyl (C=O) groups is 1. The van der Waals surface area contributed by atoms with Crippen molar-refractivity contribution in [2.45, 2.75) is 19.9 Å². The predicted molar refractivity (Wildman–Crippen MR) is 69.6 cm³/mol. The molecule has 0 aromatic carbocycles. The number of esters is 1. The van der Waals surface area contributed by atoms with Crippen LogP contribution < -0.4 is 11.1 Å². The third-order valence-electron chi connectivity index (χ3n) is 2.51. The number of rotatable bonds is 5. The van der Waals surface area contributed by atoms with Gasteiger partial charge in [0.2, 0.25) is 5.82 Å². The number of nitrogens with one attached hydrogen (secondary N) is 1. The highest BCUT2D eigenvalue weighted by Gasteiger charge is 2.26. The molecule has 0 bridgehead atoms. The van der Waals surface area contributed by atoms with Crippen molar-refractivity contribution in [2.75, 3.05) is 18.2 Å². The molecule has 0 fully saturated rings. The molecule has 8 heteroatoms. The molecule has 0 saturated carbocycles. The van der Waals surface area contributed by atoms with Crippen molar-refractivity contribution in [1.82, 2.24) is 4.98 Å². The Bertz CT molecular complexity index is 490. The van der Waals surface area contributed by atoms with Gasteiger partial charge in [0.1, 0.15) is 11.9 Å². The monoisotopic (exact) mass is 268 g/mol. The van der Waals surface area contributed by atoms with E-state index in [1.54, 1.807) is 13.8 Å². The Labute approximate surface area is 110 Å². The van der Waals surface area contributed by atoms with Crippen LogP contribution in [0.4, 0.5) is 17.3 Å². The van der Waals surface area contributed by atoms with Gasteiger partial charge in [0.05, 0.1) is 12.0 Å². The minimum atomic E-state index is -0.738. The number of hydrogen-bond donors (Lipinski definition) is 2. The smallest absolute Gasteiger partial charge is 0.328 e. The van der Waals surface area contributed by atoms with Gasteiger partial charge >= 0.3 is 11.7 Å². The number of nitrogens with zero attached hydrogens (tertiary/aromatic N) is 2. The molecular weight excluding hydrogens is 252 g/mol. The molecule has 0 radical (unpaired) electrons. The zero-order valence-electron chi connectivity index (χ0n) is 10.9. The molecule has 0 aliphatic carbocycles. The van der Waals surface area contributed by atoms with Crippen molar-refractivity contribution in [3.8, 4) is 0 Å². The Hall–Kier alpha value is -2.38. The summed E-state index contributed by atoms with van der Waals surface area (Å²) in [5, 5.41) is 13.6. The van der Waals surface area contributed by atoms with E-state index in [9.17, 15) is 14.9 Å². The summed E-state index contributed by atoms with van der Waals surface area (Å²) in [6.45, 7) is 3.57. The summed E-state index contributed by atoms with van der Waals surface area (Å²) >= 11 is 0. The highest BCUT2D eigenvalue weighted by atomic mass is 16.6. The molecule has 1 aromatic heterocycles. The number of carbonyl (C=O) groups excluding carboxylic acids is 1. The van der Waals surface area contributed by atoms with Crippen molar-refractivity contribution in [3.05, 3.63) is 22.2 Å². The normalized spacial score (nSPS) is 12.0. The van der Waals surface area contributed by atoms with Gasteiger partial charge in [-0.2, -0.15) is 0 Å². The number of nitrogen functional groups attached to an aromatic ring is 1. The van der Waals surface area contributed by atoms with Crippen LogP contribution in [0, 0.1) is 16.0 Å². The summed E-state index contributed by atoms with van der Waals surface area (Å²) in [6.07, 6.45) is 0. The molecule has 104 valence electrons. The maximum absolute atomic E-state index is 11.6. The molecule has 3 N–H and O–H groups in total. The lowest BCUT2D eigenvalue weighted by Crippen LogP contribution is -2.36. The fourth-order valence-corrected chi connectivity index (χ4v) is 1.49. The van der Waals surface area contributed by atoms with Crippen LogP contribution >= 0.6 is 0 Å². The van der Waals surface area contributed by atoms with Gasteiger partial charge in [-0.15, -0.1) is 0 Å². The van der Waals surface area contributed by atoms with E-state index in [1.807, 2.05) is 0 Å². The molecule has 0 aliphatic heterocycles. The van der Waals surface area contributed by atoms with E-state index in [1.165, 1.54) is 19.2 Å². The van der Waals surface area contributed by atoms with Crippen LogP contribution in [0.3, 0.4) is 0 Å². The molecule has 1 unspecified atom stereocenters. The quantitative estimate of drug-likeness (QED) is 0.467. The van der Waals surface area contributed by atoms with E-state index in [0.29, 0.717) is 0 Å². The average Bonchev–Trinajstić information content (AvgIpc) is 2.34. The summed E-state index contributed by atoms with van der Waals surface area (Å²) in [7, 11) is 1.25. The largest absolute Gasteiger partial charge is 0.467 e. The Kier molecular flexibility index (Phi) is 4.62. The summed E-state index contributed by atoms with van der Waals surface area (Å²) in [5.41, 5.74) is 5.25. The molecule has 0 spiro atoms. The standard InChI is InChI=1S/C11H16N4O4/c1-6(2)9(11(16)19-3)14-10-7(15(17)18)4-5-8(12)13-10/h4-6,9H,1-3H3,(H3,12,13,14). The molecule has 1 aromatic rings. The Morgan fingerprint density at radius 1 is 1.53 bits per heavy atom. The number of aromatic nitrogens is 1. The van der Waals surface area contributed by atoms with Gasteiger partial charge in [-0.3, -0.25) is 10.1 Å². The Morgan fingerprint density at radius 3 is 2.63 bits per heavy atom. The summed E-state index contributed by atoms with van der Waals surface area (Å²) in [6, 6.07) is 1.82. The first-order valence-corrected chi connectivity index (χ1v) is 5.62. The maximum Gasteiger partial charge on any atom is 0.328 e. The Balaban J connectivity index is 3.11. The number of nitro groups is 1. The van der Waals surface area contributed by atoms with Gasteiger partial charge in [-0.1, -0.05) is 13.8 Å². The van der Waals surface area contributed by atoms with Crippen molar-refractivity contribution in [1.29, 1.82) is 0 Å². The van der Waals surface area contributed by atoms with E-state index in [2.05, 4.69) is 15.0 Å². The average molecular weight is 268 g/mol. The number of hydrogen-bond acceptors (Lipinski definition) is 7. The SMILES string of the molecule is COC(=O)C(Nc1nc(N)ccc1[N+](=O)[O-])C(C)C. The zero-order chi connectivity index (χ0) is 14.6. The van der Waals surface area contributed by atoms with Crippen LogP contribution in [-0.4, -0.2) is 29.0 Å². The molecule has 0 saturated heterocycles. The lowest BCUT2D eigenvalue weighted by atomic mass is 10.0. The highest BCUT2D eigenvalue weighted by Crippen LogP contribution is 2.25. The highest BCUT2D eigenvalue weighted by molar-refractivity contribution is 5.80. The number of pyridine rings is 1. The summed E-state index contributed by atoms with van der Waals surface area (Å²) in [5.74, 6) is -0.571. The molecule has 19 heavy (non-hydrogen) atoms. The molecule has 1 heterocycles. The van der Waals surface area contributed by atoms with Gasteiger partial charge in [-0.25, -0.2) is 9.78 Å². The topological polar surface area (TPSA) is 120 Å². The van der Waals surface area contributed by atoms with Gasteiger partial charge in [0.25, 0.3) is 0 Å².